The van der Waals surface area contributed by atoms with Crippen LogP contribution in [0.3, 0.4) is 0 Å². The predicted molar refractivity (Wildman–Crippen MR) is 165 cm³/mol. The van der Waals surface area contributed by atoms with Gasteiger partial charge in [0.1, 0.15) is 28.8 Å². The second kappa shape index (κ2) is 11.1. The lowest BCUT2D eigenvalue weighted by Crippen LogP contribution is -2.47. The molecule has 1 aromatic carbocycles. The van der Waals surface area contributed by atoms with E-state index in [2.05, 4.69) is 53.5 Å². The zero-order chi connectivity index (χ0) is 30.5. The first-order valence-corrected chi connectivity index (χ1v) is 15.2. The molecule has 1 saturated carbocycles. The third-order valence-corrected chi connectivity index (χ3v) is 8.87. The summed E-state index contributed by atoms with van der Waals surface area (Å²) in [6.45, 7) is 8.20. The van der Waals surface area contributed by atoms with Crippen molar-refractivity contribution >= 4 is 50.4 Å². The van der Waals surface area contributed by atoms with Crippen LogP contribution in [0.1, 0.15) is 55.0 Å². The topological polar surface area (TPSA) is 135 Å². The van der Waals surface area contributed by atoms with Gasteiger partial charge in [0.25, 0.3) is 5.91 Å². The van der Waals surface area contributed by atoms with Crippen molar-refractivity contribution in [3.63, 3.8) is 0 Å². The van der Waals surface area contributed by atoms with E-state index >= 15 is 0 Å². The molecular formula is C31H33BrN8O3. The van der Waals surface area contributed by atoms with E-state index in [0.29, 0.717) is 40.1 Å². The smallest absolute Gasteiger partial charge is 0.272 e. The van der Waals surface area contributed by atoms with E-state index in [1.54, 1.807) is 22.0 Å². The third-order valence-electron chi connectivity index (χ3n) is 8.43. The molecule has 2 aliphatic rings. The number of benzene rings is 1. The number of carbonyl (C=O) groups is 3. The highest BCUT2D eigenvalue weighted by Gasteiger charge is 2.64. The number of nitrogens with zero attached hydrogens (tertiary/aromatic N) is 6. The molecule has 11 nitrogen and oxygen atoms in total. The van der Waals surface area contributed by atoms with Gasteiger partial charge in [0.05, 0.1) is 5.52 Å². The van der Waals surface area contributed by atoms with Crippen molar-refractivity contribution in [3.8, 4) is 11.1 Å². The van der Waals surface area contributed by atoms with Gasteiger partial charge in [-0.1, -0.05) is 26.0 Å². The zero-order valence-corrected chi connectivity index (χ0v) is 26.1. The Kier molecular flexibility index (Phi) is 7.49. The summed E-state index contributed by atoms with van der Waals surface area (Å²) in [4.78, 5) is 55.3. The molecule has 43 heavy (non-hydrogen) atoms. The average molecular weight is 646 g/mol. The number of nitrogens with one attached hydrogen (secondary N) is 2. The first kappa shape index (κ1) is 28.9. The number of anilines is 1. The van der Waals surface area contributed by atoms with Crippen LogP contribution in [0, 0.1) is 19.3 Å². The number of carbonyl (C=O) groups excluding carboxylic acids is 3. The van der Waals surface area contributed by atoms with E-state index < -0.39 is 6.04 Å². The highest BCUT2D eigenvalue weighted by atomic mass is 79.9. The van der Waals surface area contributed by atoms with Crippen molar-refractivity contribution in [2.75, 3.05) is 11.9 Å². The molecule has 3 atom stereocenters. The fourth-order valence-electron chi connectivity index (χ4n) is 5.91. The normalized spacial score (nSPS) is 20.6. The summed E-state index contributed by atoms with van der Waals surface area (Å²) >= 11 is 3.36. The molecule has 1 aliphatic heterocycles. The molecule has 2 fully saturated rings. The quantitative estimate of drug-likeness (QED) is 0.271. The Balaban J connectivity index is 1.30. The molecule has 2 N–H and O–H groups in total. The van der Waals surface area contributed by atoms with Crippen LogP contribution in [0.5, 0.6) is 0 Å². The van der Waals surface area contributed by atoms with Gasteiger partial charge < -0.3 is 15.5 Å². The zero-order valence-electron chi connectivity index (χ0n) is 24.5. The summed E-state index contributed by atoms with van der Waals surface area (Å²) < 4.78 is 2.19. The average Bonchev–Trinajstić information content (AvgIpc) is 3.35. The summed E-state index contributed by atoms with van der Waals surface area (Å²) in [6, 6.07) is 8.69. The number of halogens is 1. The van der Waals surface area contributed by atoms with Crippen LogP contribution >= 0.6 is 15.9 Å². The second-order valence-corrected chi connectivity index (χ2v) is 12.5. The molecule has 222 valence electrons. The standard InChI is InChI=1S/C31H33BrN8O3/c1-5-10-33-30(43)27-21-11-19(20-14-34-18(3)35-15-20)7-8-22(21)39(38-27)16-26(41)40-23(12-31(4)13-24(31)40)29(42)37-28-17(2)6-9-25(32)36-28/h6-9,11,14-15,23-24H,5,10,12-13,16H2,1-4H3,(H,33,43)(H,36,37,42)/t23-,24+,31-/m0/s1. The maximum atomic E-state index is 13.9. The lowest BCUT2D eigenvalue weighted by Gasteiger charge is -2.27. The molecular weight excluding hydrogens is 612 g/mol. The lowest BCUT2D eigenvalue weighted by molar-refractivity contribution is -0.138. The molecule has 4 heterocycles. The van der Waals surface area contributed by atoms with Gasteiger partial charge in [0.15, 0.2) is 5.69 Å². The molecule has 1 aliphatic carbocycles. The summed E-state index contributed by atoms with van der Waals surface area (Å²) in [6.07, 6.45) is 5.69. The van der Waals surface area contributed by atoms with Crippen LogP contribution < -0.4 is 10.6 Å². The largest absolute Gasteiger partial charge is 0.351 e. The van der Waals surface area contributed by atoms with Gasteiger partial charge in [-0.15, -0.1) is 0 Å². The number of pyridine rings is 1. The van der Waals surface area contributed by atoms with Crippen LogP contribution in [0.15, 0.2) is 47.3 Å². The van der Waals surface area contributed by atoms with Crippen molar-refractivity contribution < 1.29 is 14.4 Å². The Morgan fingerprint density at radius 2 is 1.84 bits per heavy atom. The lowest BCUT2D eigenvalue weighted by atomic mass is 10.0. The van der Waals surface area contributed by atoms with Crippen LogP contribution in [-0.2, 0) is 16.1 Å². The Morgan fingerprint density at radius 1 is 1.07 bits per heavy atom. The van der Waals surface area contributed by atoms with Crippen molar-refractivity contribution in [2.24, 2.45) is 5.41 Å². The number of likely N-dealkylation sites (tertiary alicyclic amines) is 1. The van der Waals surface area contributed by atoms with Gasteiger partial charge >= 0.3 is 0 Å². The number of piperidine rings is 1. The molecule has 0 unspecified atom stereocenters. The van der Waals surface area contributed by atoms with E-state index in [0.717, 1.165) is 29.5 Å². The van der Waals surface area contributed by atoms with Crippen LogP contribution in [0.25, 0.3) is 22.0 Å². The van der Waals surface area contributed by atoms with Crippen LogP contribution in [-0.4, -0.2) is 66.0 Å². The van der Waals surface area contributed by atoms with Gasteiger partial charge in [-0.3, -0.25) is 19.1 Å². The molecule has 12 heteroatoms. The van der Waals surface area contributed by atoms with Crippen molar-refractivity contribution in [2.45, 2.75) is 65.6 Å². The van der Waals surface area contributed by atoms with Crippen LogP contribution in [0.4, 0.5) is 5.82 Å². The van der Waals surface area contributed by atoms with E-state index in [4.69, 9.17) is 0 Å². The number of amides is 3. The van der Waals surface area contributed by atoms with Gasteiger partial charge in [-0.05, 0) is 83.8 Å². The van der Waals surface area contributed by atoms with Crippen LogP contribution in [0.2, 0.25) is 0 Å². The number of fused-ring (bicyclic) bond motifs is 2. The highest BCUT2D eigenvalue weighted by molar-refractivity contribution is 9.10. The minimum atomic E-state index is -0.626. The molecule has 6 rings (SSSR count). The molecule has 0 bridgehead atoms. The monoisotopic (exact) mass is 644 g/mol. The van der Waals surface area contributed by atoms with E-state index in [1.165, 1.54) is 0 Å². The number of hydrogen-bond acceptors (Lipinski definition) is 7. The van der Waals surface area contributed by atoms with Gasteiger partial charge in [-0.25, -0.2) is 15.0 Å². The molecule has 3 amide bonds. The number of rotatable bonds is 8. The minimum Gasteiger partial charge on any atom is -0.351 e. The van der Waals surface area contributed by atoms with Crippen molar-refractivity contribution in [1.82, 2.24) is 34.9 Å². The van der Waals surface area contributed by atoms with Crippen molar-refractivity contribution in [1.29, 1.82) is 0 Å². The molecule has 0 spiro atoms. The molecule has 4 aromatic rings. The van der Waals surface area contributed by atoms with Crippen molar-refractivity contribution in [3.05, 3.63) is 64.4 Å². The SMILES string of the molecule is CCCNC(=O)c1nn(CC(=O)N2[C@H](C(=O)Nc3nc(Br)ccc3C)C[C@@]3(C)C[C@@H]23)c2ccc(-c3cnc(C)nc3)cc12. The molecule has 1 saturated heterocycles. The Bertz CT molecular complexity index is 1750. The Labute approximate surface area is 257 Å². The van der Waals surface area contributed by atoms with Gasteiger partial charge in [-0.2, -0.15) is 5.10 Å². The maximum absolute atomic E-state index is 13.9. The summed E-state index contributed by atoms with van der Waals surface area (Å²) in [5.41, 5.74) is 3.28. The molecule has 3 aromatic heterocycles. The van der Waals surface area contributed by atoms with Gasteiger partial charge in [0.2, 0.25) is 11.8 Å². The Morgan fingerprint density at radius 3 is 2.58 bits per heavy atom. The number of hydrogen-bond donors (Lipinski definition) is 2. The maximum Gasteiger partial charge on any atom is 0.272 e. The first-order valence-electron chi connectivity index (χ1n) is 14.4. The summed E-state index contributed by atoms with van der Waals surface area (Å²) in [5.74, 6) is 0.352. The fourth-order valence-corrected chi connectivity index (χ4v) is 6.22. The first-order chi connectivity index (χ1) is 20.6. The third kappa shape index (κ3) is 5.51. The number of aryl methyl sites for hydroxylation is 2. The second-order valence-electron chi connectivity index (χ2n) is 11.7. The fraction of sp³-hybridized carbons (Fsp3) is 0.387. The summed E-state index contributed by atoms with van der Waals surface area (Å²) in [5, 5.41) is 11.1. The minimum absolute atomic E-state index is 0.0189. The molecule has 0 radical (unpaired) electrons. The summed E-state index contributed by atoms with van der Waals surface area (Å²) in [7, 11) is 0. The predicted octanol–water partition coefficient (Wildman–Crippen LogP) is 4.43. The van der Waals surface area contributed by atoms with E-state index in [9.17, 15) is 14.4 Å². The van der Waals surface area contributed by atoms with Gasteiger partial charge in [0, 0.05) is 35.9 Å². The highest BCUT2D eigenvalue weighted by Crippen LogP contribution is 2.59. The van der Waals surface area contributed by atoms with E-state index in [-0.39, 0.29) is 41.4 Å². The number of aromatic nitrogens is 5. The van der Waals surface area contributed by atoms with E-state index in [1.807, 2.05) is 51.1 Å². The Hall–Kier alpha value is -4.19.